The number of nitrogens with zero attached hydrogens (tertiary/aromatic N) is 1. The average molecular weight is 439 g/mol. The number of carbonyl (C=O) groups is 2. The number of benzene rings is 2. The molecule has 1 atom stereocenters. The summed E-state index contributed by atoms with van der Waals surface area (Å²) in [5, 5.41) is 4.12. The molecule has 28 heavy (non-hydrogen) atoms. The van der Waals surface area contributed by atoms with Crippen LogP contribution in [0.3, 0.4) is 0 Å². The average Bonchev–Trinajstić information content (AvgIpc) is 2.68. The van der Waals surface area contributed by atoms with Gasteiger partial charge in [-0.3, -0.25) is 9.59 Å². The Morgan fingerprint density at radius 1 is 1.00 bits per heavy atom. The highest BCUT2D eigenvalue weighted by atomic mass is 35.5. The minimum Gasteiger partial charge on any atom is -0.355 e. The van der Waals surface area contributed by atoms with Crippen LogP contribution in [-0.4, -0.2) is 35.1 Å². The van der Waals surface area contributed by atoms with E-state index >= 15 is 0 Å². The first kappa shape index (κ1) is 22.6. The molecule has 0 fully saturated rings. The lowest BCUT2D eigenvalue weighted by atomic mass is 10.1. The van der Waals surface area contributed by atoms with Gasteiger partial charge >= 0.3 is 0 Å². The van der Waals surface area contributed by atoms with Crippen LogP contribution in [-0.2, 0) is 21.9 Å². The summed E-state index contributed by atoms with van der Waals surface area (Å²) in [6, 6.07) is 14.3. The second-order valence-electron chi connectivity index (χ2n) is 6.34. The predicted molar refractivity (Wildman–Crippen MR) is 118 cm³/mol. The normalized spacial score (nSPS) is 11.7. The summed E-state index contributed by atoms with van der Waals surface area (Å²) in [5.74, 6) is 0.757. The van der Waals surface area contributed by atoms with Crippen molar-refractivity contribution in [3.8, 4) is 0 Å². The molecule has 0 radical (unpaired) electrons. The molecule has 0 aliphatic rings. The Morgan fingerprint density at radius 2 is 1.54 bits per heavy atom. The van der Waals surface area contributed by atoms with Crippen molar-refractivity contribution in [2.24, 2.45) is 0 Å². The summed E-state index contributed by atoms with van der Waals surface area (Å²) < 4.78 is 0. The molecule has 0 aliphatic heterocycles. The summed E-state index contributed by atoms with van der Waals surface area (Å²) in [7, 11) is 0. The smallest absolute Gasteiger partial charge is 0.242 e. The van der Waals surface area contributed by atoms with Gasteiger partial charge in [-0.2, -0.15) is 0 Å². The maximum absolute atomic E-state index is 12.9. The summed E-state index contributed by atoms with van der Waals surface area (Å²) >= 11 is 13.4. The lowest BCUT2D eigenvalue weighted by Crippen LogP contribution is -2.48. The molecule has 0 aliphatic carbocycles. The SMILES string of the molecule is CCNC(=O)[C@@H](C)N(Cc1ccc(Cl)cc1)C(=O)CSCc1ccc(Cl)cc1. The lowest BCUT2D eigenvalue weighted by molar-refractivity contribution is -0.138. The van der Waals surface area contributed by atoms with Crippen LogP contribution in [0.15, 0.2) is 48.5 Å². The minimum atomic E-state index is -0.556. The van der Waals surface area contributed by atoms with E-state index in [0.29, 0.717) is 34.6 Å². The largest absolute Gasteiger partial charge is 0.355 e. The third kappa shape index (κ3) is 7.04. The van der Waals surface area contributed by atoms with Crippen molar-refractivity contribution in [1.29, 1.82) is 0 Å². The van der Waals surface area contributed by atoms with Gasteiger partial charge in [-0.25, -0.2) is 0 Å². The summed E-state index contributed by atoms with van der Waals surface area (Å²) in [6.45, 7) is 4.49. The number of thioether (sulfide) groups is 1. The van der Waals surface area contributed by atoms with Crippen molar-refractivity contribution in [2.75, 3.05) is 12.3 Å². The molecule has 0 unspecified atom stereocenters. The van der Waals surface area contributed by atoms with Crippen LogP contribution in [0.1, 0.15) is 25.0 Å². The Hall–Kier alpha value is -1.69. The molecule has 2 aromatic carbocycles. The fourth-order valence-corrected chi connectivity index (χ4v) is 3.73. The zero-order valence-electron chi connectivity index (χ0n) is 16.0. The van der Waals surface area contributed by atoms with Crippen LogP contribution < -0.4 is 5.32 Å². The molecule has 4 nitrogen and oxygen atoms in total. The molecule has 0 saturated heterocycles. The van der Waals surface area contributed by atoms with E-state index in [0.717, 1.165) is 11.1 Å². The fraction of sp³-hybridized carbons (Fsp3) is 0.333. The van der Waals surface area contributed by atoms with Gasteiger partial charge in [-0.1, -0.05) is 47.5 Å². The standard InChI is InChI=1S/C21H24Cl2N2O2S/c1-3-24-21(27)15(2)25(12-16-4-8-18(22)9-5-16)20(26)14-28-13-17-6-10-19(23)11-7-17/h4-11,15H,3,12-14H2,1-2H3,(H,24,27)/t15-/m1/s1. The minimum absolute atomic E-state index is 0.0762. The number of hydrogen-bond acceptors (Lipinski definition) is 3. The van der Waals surface area contributed by atoms with Crippen LogP contribution >= 0.6 is 35.0 Å². The van der Waals surface area contributed by atoms with Crippen molar-refractivity contribution in [2.45, 2.75) is 32.2 Å². The Morgan fingerprint density at radius 3 is 2.07 bits per heavy atom. The zero-order chi connectivity index (χ0) is 20.5. The first-order valence-electron chi connectivity index (χ1n) is 9.04. The third-order valence-corrected chi connectivity index (χ3v) is 5.68. The van der Waals surface area contributed by atoms with Gasteiger partial charge in [0, 0.05) is 28.9 Å². The van der Waals surface area contributed by atoms with E-state index in [-0.39, 0.29) is 11.8 Å². The quantitative estimate of drug-likeness (QED) is 0.612. The molecular formula is C21H24Cl2N2O2S. The van der Waals surface area contributed by atoms with E-state index in [9.17, 15) is 9.59 Å². The molecule has 0 saturated carbocycles. The van der Waals surface area contributed by atoms with Crippen molar-refractivity contribution in [1.82, 2.24) is 10.2 Å². The number of amides is 2. The topological polar surface area (TPSA) is 49.4 Å². The number of nitrogens with one attached hydrogen (secondary N) is 1. The van der Waals surface area contributed by atoms with E-state index in [4.69, 9.17) is 23.2 Å². The molecule has 0 aromatic heterocycles. The number of carbonyl (C=O) groups excluding carboxylic acids is 2. The van der Waals surface area contributed by atoms with Gasteiger partial charge in [0.25, 0.3) is 0 Å². The predicted octanol–water partition coefficient (Wildman–Crippen LogP) is 4.78. The van der Waals surface area contributed by atoms with Gasteiger partial charge in [-0.15, -0.1) is 11.8 Å². The first-order valence-corrected chi connectivity index (χ1v) is 11.0. The molecule has 7 heteroatoms. The molecular weight excluding hydrogens is 415 g/mol. The number of rotatable bonds is 9. The second kappa shape index (κ2) is 11.3. The number of likely N-dealkylation sites (N-methyl/N-ethyl adjacent to an activating group) is 1. The van der Waals surface area contributed by atoms with Crippen molar-refractivity contribution in [3.63, 3.8) is 0 Å². The molecule has 2 aromatic rings. The number of hydrogen-bond donors (Lipinski definition) is 1. The Kier molecular flexibility index (Phi) is 9.16. The molecule has 0 spiro atoms. The monoisotopic (exact) mass is 438 g/mol. The van der Waals surface area contributed by atoms with Crippen LogP contribution in [0.5, 0.6) is 0 Å². The molecule has 2 amide bonds. The Labute approximate surface area is 180 Å². The Balaban J connectivity index is 2.03. The molecule has 150 valence electrons. The van der Waals surface area contributed by atoms with E-state index in [1.54, 1.807) is 24.0 Å². The van der Waals surface area contributed by atoms with Crippen LogP contribution in [0.4, 0.5) is 0 Å². The Bertz CT molecular complexity index is 782. The summed E-state index contributed by atoms with van der Waals surface area (Å²) in [5.41, 5.74) is 2.03. The number of halogens is 2. The fourth-order valence-electron chi connectivity index (χ4n) is 2.61. The zero-order valence-corrected chi connectivity index (χ0v) is 18.3. The molecule has 0 heterocycles. The first-order chi connectivity index (χ1) is 13.4. The third-order valence-electron chi connectivity index (χ3n) is 4.19. The highest BCUT2D eigenvalue weighted by Gasteiger charge is 2.25. The van der Waals surface area contributed by atoms with Crippen LogP contribution in [0.2, 0.25) is 10.0 Å². The summed E-state index contributed by atoms with van der Waals surface area (Å²) in [4.78, 5) is 26.8. The molecule has 0 bridgehead atoms. The van der Waals surface area contributed by atoms with Gasteiger partial charge in [0.15, 0.2) is 0 Å². The molecule has 1 N–H and O–H groups in total. The van der Waals surface area contributed by atoms with Crippen LogP contribution in [0, 0.1) is 0 Å². The lowest BCUT2D eigenvalue weighted by Gasteiger charge is -2.28. The van der Waals surface area contributed by atoms with Crippen LogP contribution in [0.25, 0.3) is 0 Å². The van der Waals surface area contributed by atoms with E-state index in [1.807, 2.05) is 43.3 Å². The van der Waals surface area contributed by atoms with E-state index < -0.39 is 6.04 Å². The summed E-state index contributed by atoms with van der Waals surface area (Å²) in [6.07, 6.45) is 0. The van der Waals surface area contributed by atoms with Gasteiger partial charge in [0.1, 0.15) is 6.04 Å². The van der Waals surface area contributed by atoms with Crippen molar-refractivity contribution in [3.05, 3.63) is 69.7 Å². The highest BCUT2D eigenvalue weighted by Crippen LogP contribution is 2.18. The van der Waals surface area contributed by atoms with Gasteiger partial charge in [-0.05, 0) is 49.2 Å². The second-order valence-corrected chi connectivity index (χ2v) is 8.20. The van der Waals surface area contributed by atoms with Gasteiger partial charge in [0.05, 0.1) is 5.75 Å². The molecule has 2 rings (SSSR count). The van der Waals surface area contributed by atoms with Gasteiger partial charge < -0.3 is 10.2 Å². The maximum atomic E-state index is 12.9. The van der Waals surface area contributed by atoms with Gasteiger partial charge in [0.2, 0.25) is 11.8 Å². The highest BCUT2D eigenvalue weighted by molar-refractivity contribution is 7.99. The van der Waals surface area contributed by atoms with E-state index in [2.05, 4.69) is 5.32 Å². The van der Waals surface area contributed by atoms with Crippen molar-refractivity contribution < 1.29 is 9.59 Å². The van der Waals surface area contributed by atoms with E-state index in [1.165, 1.54) is 11.8 Å². The van der Waals surface area contributed by atoms with Crippen molar-refractivity contribution >= 4 is 46.8 Å². The maximum Gasteiger partial charge on any atom is 0.242 e.